The molecule has 3 N–H and O–H groups in total. The highest BCUT2D eigenvalue weighted by Crippen LogP contribution is 2.25. The third-order valence-corrected chi connectivity index (χ3v) is 3.85. The van der Waals surface area contributed by atoms with E-state index in [0.717, 1.165) is 12.8 Å². The quantitative estimate of drug-likeness (QED) is 0.652. The second-order valence-corrected chi connectivity index (χ2v) is 6.49. The van der Waals surface area contributed by atoms with Gasteiger partial charge in [-0.2, -0.15) is 0 Å². The summed E-state index contributed by atoms with van der Waals surface area (Å²) in [5, 5.41) is 0. The van der Waals surface area contributed by atoms with Gasteiger partial charge < -0.3 is 0 Å². The first-order valence-corrected chi connectivity index (χ1v) is 7.46. The van der Waals surface area contributed by atoms with Gasteiger partial charge in [0.2, 0.25) is 0 Å². The molecule has 2 rings (SSSR count). The number of benzene rings is 1. The Morgan fingerprint density at radius 2 is 1.67 bits per heavy atom. The molecule has 0 saturated carbocycles. The molecule has 0 bridgehead atoms. The van der Waals surface area contributed by atoms with Crippen molar-refractivity contribution in [3.8, 4) is 0 Å². The van der Waals surface area contributed by atoms with Crippen molar-refractivity contribution in [2.75, 3.05) is 0 Å². The number of aryl methyl sites for hydroxylation is 1. The van der Waals surface area contributed by atoms with Crippen LogP contribution in [0.15, 0.2) is 48.8 Å². The van der Waals surface area contributed by atoms with Crippen LogP contribution in [0.3, 0.4) is 0 Å². The van der Waals surface area contributed by atoms with Crippen LogP contribution in [-0.4, -0.2) is 4.98 Å². The minimum atomic E-state index is 0.173. The zero-order chi connectivity index (χ0) is 15.3. The number of nitrogens with one attached hydrogen (secondary N) is 1. The highest BCUT2D eigenvalue weighted by molar-refractivity contribution is 5.29. The standard InChI is InChI=1S/C18H25N3/c1-18(2,3)16-7-5-15(6-8-16)17(21-19)9-4-14-10-12-20-13-11-14/h5-8,10-13,17,21H,4,9,19H2,1-3H3. The number of hydrazine groups is 1. The van der Waals surface area contributed by atoms with Gasteiger partial charge in [-0.3, -0.25) is 16.3 Å². The van der Waals surface area contributed by atoms with E-state index >= 15 is 0 Å². The van der Waals surface area contributed by atoms with Crippen molar-refractivity contribution < 1.29 is 0 Å². The summed E-state index contributed by atoms with van der Waals surface area (Å²) in [5.41, 5.74) is 6.98. The van der Waals surface area contributed by atoms with Gasteiger partial charge in [-0.05, 0) is 47.1 Å². The molecule has 3 heteroatoms. The lowest BCUT2D eigenvalue weighted by molar-refractivity contribution is 0.515. The van der Waals surface area contributed by atoms with Crippen molar-refractivity contribution >= 4 is 0 Å². The van der Waals surface area contributed by atoms with Gasteiger partial charge in [-0.1, -0.05) is 45.0 Å². The number of hydrogen-bond donors (Lipinski definition) is 2. The zero-order valence-corrected chi connectivity index (χ0v) is 13.1. The summed E-state index contributed by atoms with van der Waals surface area (Å²) in [6.45, 7) is 6.68. The first kappa shape index (κ1) is 15.7. The summed E-state index contributed by atoms with van der Waals surface area (Å²) < 4.78 is 0. The number of rotatable bonds is 5. The molecule has 1 atom stereocenters. The van der Waals surface area contributed by atoms with Crippen LogP contribution in [0.4, 0.5) is 0 Å². The van der Waals surface area contributed by atoms with E-state index in [1.54, 1.807) is 0 Å². The molecule has 2 aromatic rings. The molecule has 0 spiro atoms. The first-order valence-electron chi connectivity index (χ1n) is 7.46. The number of pyridine rings is 1. The van der Waals surface area contributed by atoms with E-state index in [2.05, 4.69) is 67.6 Å². The summed E-state index contributed by atoms with van der Waals surface area (Å²) >= 11 is 0. The molecule has 0 aliphatic rings. The van der Waals surface area contributed by atoms with Gasteiger partial charge >= 0.3 is 0 Å². The van der Waals surface area contributed by atoms with Crippen LogP contribution in [0.25, 0.3) is 0 Å². The van der Waals surface area contributed by atoms with E-state index in [1.807, 2.05) is 12.4 Å². The number of nitrogens with zero attached hydrogens (tertiary/aromatic N) is 1. The summed E-state index contributed by atoms with van der Waals surface area (Å²) in [7, 11) is 0. The molecule has 0 amide bonds. The highest BCUT2D eigenvalue weighted by Gasteiger charge is 2.15. The van der Waals surface area contributed by atoms with Crippen LogP contribution in [0.5, 0.6) is 0 Å². The Morgan fingerprint density at radius 3 is 2.19 bits per heavy atom. The molecule has 0 aliphatic heterocycles. The van der Waals surface area contributed by atoms with Crippen molar-refractivity contribution in [2.45, 2.75) is 45.1 Å². The molecular formula is C18H25N3. The maximum absolute atomic E-state index is 5.73. The average molecular weight is 283 g/mol. The third kappa shape index (κ3) is 4.38. The van der Waals surface area contributed by atoms with Crippen LogP contribution in [0.2, 0.25) is 0 Å². The fourth-order valence-corrected chi connectivity index (χ4v) is 2.42. The van der Waals surface area contributed by atoms with E-state index in [1.165, 1.54) is 16.7 Å². The Morgan fingerprint density at radius 1 is 1.05 bits per heavy atom. The minimum absolute atomic E-state index is 0.173. The van der Waals surface area contributed by atoms with Gasteiger partial charge in [-0.25, -0.2) is 0 Å². The predicted molar refractivity (Wildman–Crippen MR) is 87.8 cm³/mol. The van der Waals surface area contributed by atoms with Crippen molar-refractivity contribution in [2.24, 2.45) is 5.84 Å². The first-order chi connectivity index (χ1) is 10.0. The van der Waals surface area contributed by atoms with Crippen molar-refractivity contribution in [3.05, 3.63) is 65.5 Å². The molecule has 0 radical (unpaired) electrons. The van der Waals surface area contributed by atoms with Gasteiger partial charge in [-0.15, -0.1) is 0 Å². The Hall–Kier alpha value is -1.71. The largest absolute Gasteiger partial charge is 0.271 e. The fraction of sp³-hybridized carbons (Fsp3) is 0.389. The smallest absolute Gasteiger partial charge is 0.0463 e. The minimum Gasteiger partial charge on any atom is -0.271 e. The molecule has 112 valence electrons. The Kier molecular flexibility index (Phi) is 5.10. The number of nitrogens with two attached hydrogens (primary N) is 1. The molecule has 1 unspecified atom stereocenters. The topological polar surface area (TPSA) is 50.9 Å². The maximum Gasteiger partial charge on any atom is 0.0463 e. The third-order valence-electron chi connectivity index (χ3n) is 3.85. The lowest BCUT2D eigenvalue weighted by atomic mass is 9.86. The molecule has 1 heterocycles. The van der Waals surface area contributed by atoms with Gasteiger partial charge in [0.15, 0.2) is 0 Å². The highest BCUT2D eigenvalue weighted by atomic mass is 15.2. The summed E-state index contributed by atoms with van der Waals surface area (Å²) in [6.07, 6.45) is 5.62. The van der Waals surface area contributed by atoms with E-state index in [-0.39, 0.29) is 11.5 Å². The van der Waals surface area contributed by atoms with Crippen molar-refractivity contribution in [1.82, 2.24) is 10.4 Å². The molecule has 0 fully saturated rings. The zero-order valence-electron chi connectivity index (χ0n) is 13.1. The van der Waals surface area contributed by atoms with Crippen molar-refractivity contribution in [1.29, 1.82) is 0 Å². The van der Waals surface area contributed by atoms with Crippen LogP contribution < -0.4 is 11.3 Å². The molecule has 21 heavy (non-hydrogen) atoms. The molecule has 1 aromatic carbocycles. The molecule has 1 aromatic heterocycles. The van der Waals surface area contributed by atoms with Gasteiger partial charge in [0.05, 0.1) is 0 Å². The van der Waals surface area contributed by atoms with Crippen LogP contribution >= 0.6 is 0 Å². The molecule has 3 nitrogen and oxygen atoms in total. The predicted octanol–water partition coefficient (Wildman–Crippen LogP) is 3.52. The average Bonchev–Trinajstić information content (AvgIpc) is 2.48. The Balaban J connectivity index is 2.04. The van der Waals surface area contributed by atoms with Crippen LogP contribution in [0.1, 0.15) is 49.9 Å². The maximum atomic E-state index is 5.73. The molecular weight excluding hydrogens is 258 g/mol. The monoisotopic (exact) mass is 283 g/mol. The SMILES string of the molecule is CC(C)(C)c1ccc(C(CCc2ccncc2)NN)cc1. The summed E-state index contributed by atoms with van der Waals surface area (Å²) in [5.74, 6) is 5.73. The molecule has 0 aliphatic carbocycles. The van der Waals surface area contributed by atoms with E-state index < -0.39 is 0 Å². The lowest BCUT2D eigenvalue weighted by Crippen LogP contribution is -2.28. The Labute approximate surface area is 127 Å². The number of hydrogen-bond acceptors (Lipinski definition) is 3. The van der Waals surface area contributed by atoms with Gasteiger partial charge in [0.25, 0.3) is 0 Å². The van der Waals surface area contributed by atoms with E-state index in [9.17, 15) is 0 Å². The summed E-state index contributed by atoms with van der Waals surface area (Å²) in [6, 6.07) is 13.0. The van der Waals surface area contributed by atoms with E-state index in [0.29, 0.717) is 0 Å². The van der Waals surface area contributed by atoms with Gasteiger partial charge in [0, 0.05) is 18.4 Å². The summed E-state index contributed by atoms with van der Waals surface area (Å²) in [4.78, 5) is 4.04. The van der Waals surface area contributed by atoms with E-state index in [4.69, 9.17) is 5.84 Å². The fourth-order valence-electron chi connectivity index (χ4n) is 2.42. The Bertz CT molecular complexity index is 541. The second-order valence-electron chi connectivity index (χ2n) is 6.49. The number of aromatic nitrogens is 1. The van der Waals surface area contributed by atoms with Gasteiger partial charge in [0.1, 0.15) is 0 Å². The lowest BCUT2D eigenvalue weighted by Gasteiger charge is -2.21. The van der Waals surface area contributed by atoms with Crippen LogP contribution in [-0.2, 0) is 11.8 Å². The van der Waals surface area contributed by atoms with Crippen LogP contribution in [0, 0.1) is 0 Å². The second kappa shape index (κ2) is 6.83. The molecule has 0 saturated heterocycles. The normalized spacial score (nSPS) is 13.1. The van der Waals surface area contributed by atoms with Crippen molar-refractivity contribution in [3.63, 3.8) is 0 Å².